The Morgan fingerprint density at radius 3 is 2.32 bits per heavy atom. The largest absolute Gasteiger partial charge is 0.497 e. The van der Waals surface area contributed by atoms with Gasteiger partial charge in [-0.25, -0.2) is 9.18 Å². The molecular weight excluding hydrogens is 401 g/mol. The summed E-state index contributed by atoms with van der Waals surface area (Å²) in [6.45, 7) is 2.72. The van der Waals surface area contributed by atoms with E-state index in [0.29, 0.717) is 44.7 Å². The second kappa shape index (κ2) is 8.83. The molecule has 0 spiro atoms. The number of carbonyl (C=O) groups excluding carboxylic acids is 2. The molecule has 2 aliphatic heterocycles. The fourth-order valence-electron chi connectivity index (χ4n) is 4.32. The lowest BCUT2D eigenvalue weighted by atomic mass is 9.91. The minimum Gasteiger partial charge on any atom is -0.497 e. The maximum absolute atomic E-state index is 14.0. The lowest BCUT2D eigenvalue weighted by Gasteiger charge is -2.41. The maximum atomic E-state index is 14.0. The molecule has 2 aromatic rings. The number of halogens is 1. The van der Waals surface area contributed by atoms with E-state index >= 15 is 0 Å². The molecule has 2 amide bonds. The Balaban J connectivity index is 1.52. The van der Waals surface area contributed by atoms with Gasteiger partial charge in [-0.2, -0.15) is 0 Å². The van der Waals surface area contributed by atoms with Crippen LogP contribution in [0.2, 0.25) is 0 Å². The van der Waals surface area contributed by atoms with Gasteiger partial charge in [-0.3, -0.25) is 9.69 Å². The summed E-state index contributed by atoms with van der Waals surface area (Å²) in [5, 5.41) is 0. The van der Waals surface area contributed by atoms with E-state index in [2.05, 4.69) is 4.90 Å². The molecule has 0 aliphatic carbocycles. The van der Waals surface area contributed by atoms with Gasteiger partial charge in [-0.15, -0.1) is 0 Å². The second-order valence-electron chi connectivity index (χ2n) is 7.67. The minimum absolute atomic E-state index is 0.202. The first kappa shape index (κ1) is 21.0. The number of benzene rings is 2. The fraction of sp³-hybridized carbons (Fsp3) is 0.391. The van der Waals surface area contributed by atoms with Crippen LogP contribution in [0, 0.1) is 5.82 Å². The van der Waals surface area contributed by atoms with Crippen LogP contribution in [0.4, 0.5) is 14.9 Å². The quantitative estimate of drug-likeness (QED) is 0.754. The summed E-state index contributed by atoms with van der Waals surface area (Å²) in [5.41, 5.74) is 2.49. The van der Waals surface area contributed by atoms with Crippen molar-refractivity contribution in [1.82, 2.24) is 9.80 Å². The highest BCUT2D eigenvalue weighted by atomic mass is 19.1. The molecule has 0 saturated carbocycles. The van der Waals surface area contributed by atoms with Crippen molar-refractivity contribution in [3.63, 3.8) is 0 Å². The van der Waals surface area contributed by atoms with Crippen LogP contribution in [0.25, 0.3) is 0 Å². The van der Waals surface area contributed by atoms with Crippen molar-refractivity contribution in [3.8, 4) is 5.75 Å². The molecule has 8 heteroatoms. The lowest BCUT2D eigenvalue weighted by Crippen LogP contribution is -2.54. The van der Waals surface area contributed by atoms with E-state index in [1.165, 1.54) is 24.1 Å². The summed E-state index contributed by atoms with van der Waals surface area (Å²) in [6.07, 6.45) is -0.0233. The minimum atomic E-state index is -0.876. The van der Waals surface area contributed by atoms with E-state index in [0.717, 1.165) is 17.0 Å². The van der Waals surface area contributed by atoms with Crippen molar-refractivity contribution in [2.75, 3.05) is 51.8 Å². The highest BCUT2D eigenvalue weighted by molar-refractivity contribution is 5.88. The molecule has 31 heavy (non-hydrogen) atoms. The number of hydrogen-bond donors (Lipinski definition) is 0. The third kappa shape index (κ3) is 4.15. The van der Waals surface area contributed by atoms with Gasteiger partial charge in [0.2, 0.25) is 5.91 Å². The first-order valence-corrected chi connectivity index (χ1v) is 10.3. The van der Waals surface area contributed by atoms with E-state index < -0.39 is 18.0 Å². The number of ether oxygens (including phenoxy) is 2. The van der Waals surface area contributed by atoms with Gasteiger partial charge in [0.15, 0.2) is 0 Å². The number of rotatable bonds is 3. The molecule has 1 fully saturated rings. The normalized spacial score (nSPS) is 18.4. The zero-order valence-corrected chi connectivity index (χ0v) is 17.7. The van der Waals surface area contributed by atoms with Crippen LogP contribution < -0.4 is 9.64 Å². The van der Waals surface area contributed by atoms with E-state index in [1.54, 1.807) is 18.1 Å². The average molecular weight is 427 g/mol. The Morgan fingerprint density at radius 1 is 0.968 bits per heavy atom. The number of anilines is 1. The molecular formula is C23H26FN3O4. The SMILES string of the molecule is COC(=O)N1CCc2ccc(F)cc2C1C(=O)N1CCN(c2ccc(OC)cc2)CC1. The zero-order valence-electron chi connectivity index (χ0n) is 17.7. The Labute approximate surface area is 180 Å². The number of methoxy groups -OCH3 is 2. The number of fused-ring (bicyclic) bond motifs is 1. The van der Waals surface area contributed by atoms with Crippen molar-refractivity contribution in [1.29, 1.82) is 0 Å². The maximum Gasteiger partial charge on any atom is 0.410 e. The van der Waals surface area contributed by atoms with Gasteiger partial charge in [-0.1, -0.05) is 6.07 Å². The summed E-state index contributed by atoms with van der Waals surface area (Å²) < 4.78 is 24.1. The highest BCUT2D eigenvalue weighted by Crippen LogP contribution is 2.33. The van der Waals surface area contributed by atoms with Crippen molar-refractivity contribution < 1.29 is 23.5 Å². The standard InChI is InChI=1S/C23H26FN3O4/c1-30-19-7-5-18(6-8-19)25-11-13-26(14-12-25)22(28)21-20-15-17(24)4-3-16(20)9-10-27(21)23(29)31-2/h3-8,15,21H,9-14H2,1-2H3. The van der Waals surface area contributed by atoms with Crippen molar-refractivity contribution in [3.05, 3.63) is 59.4 Å². The van der Waals surface area contributed by atoms with Gasteiger partial charge in [-0.05, 0) is 53.9 Å². The summed E-state index contributed by atoms with van der Waals surface area (Å²) in [7, 11) is 2.92. The Morgan fingerprint density at radius 2 is 1.68 bits per heavy atom. The monoisotopic (exact) mass is 427 g/mol. The van der Waals surface area contributed by atoms with Gasteiger partial charge in [0, 0.05) is 38.4 Å². The smallest absolute Gasteiger partial charge is 0.410 e. The summed E-state index contributed by atoms with van der Waals surface area (Å²) in [4.78, 5) is 31.2. The predicted octanol–water partition coefficient (Wildman–Crippen LogP) is 2.85. The fourth-order valence-corrected chi connectivity index (χ4v) is 4.32. The van der Waals surface area contributed by atoms with E-state index in [1.807, 2.05) is 24.3 Å². The van der Waals surface area contributed by atoms with Crippen LogP contribution in [-0.2, 0) is 16.0 Å². The van der Waals surface area contributed by atoms with Crippen LogP contribution in [0.3, 0.4) is 0 Å². The van der Waals surface area contributed by atoms with Gasteiger partial charge in [0.05, 0.1) is 14.2 Å². The molecule has 2 heterocycles. The second-order valence-corrected chi connectivity index (χ2v) is 7.67. The molecule has 1 atom stereocenters. The van der Waals surface area contributed by atoms with E-state index in [-0.39, 0.29) is 5.91 Å². The average Bonchev–Trinajstić information content (AvgIpc) is 2.82. The van der Waals surface area contributed by atoms with Gasteiger partial charge < -0.3 is 19.3 Å². The van der Waals surface area contributed by atoms with Crippen LogP contribution in [0.5, 0.6) is 5.75 Å². The first-order chi connectivity index (χ1) is 15.0. The van der Waals surface area contributed by atoms with Crippen LogP contribution in [0.15, 0.2) is 42.5 Å². The first-order valence-electron chi connectivity index (χ1n) is 10.3. The van der Waals surface area contributed by atoms with Crippen LogP contribution >= 0.6 is 0 Å². The topological polar surface area (TPSA) is 62.3 Å². The van der Waals surface area contributed by atoms with Crippen LogP contribution in [-0.4, -0.2) is 68.7 Å². The molecule has 0 aromatic heterocycles. The van der Waals surface area contributed by atoms with E-state index in [4.69, 9.17) is 9.47 Å². The molecule has 7 nitrogen and oxygen atoms in total. The molecule has 2 aromatic carbocycles. The van der Waals surface area contributed by atoms with Gasteiger partial charge in [0.1, 0.15) is 17.6 Å². The Bertz CT molecular complexity index is 958. The van der Waals surface area contributed by atoms with Crippen LogP contribution in [0.1, 0.15) is 17.2 Å². The third-order valence-electron chi connectivity index (χ3n) is 6.01. The molecule has 1 saturated heterocycles. The molecule has 2 aliphatic rings. The predicted molar refractivity (Wildman–Crippen MR) is 114 cm³/mol. The Kier molecular flexibility index (Phi) is 5.97. The number of amides is 2. The molecule has 0 bridgehead atoms. The number of hydrogen-bond acceptors (Lipinski definition) is 5. The van der Waals surface area contributed by atoms with Gasteiger partial charge in [0.25, 0.3) is 0 Å². The van der Waals surface area contributed by atoms with Gasteiger partial charge >= 0.3 is 6.09 Å². The molecule has 4 rings (SSSR count). The Hall–Kier alpha value is -3.29. The molecule has 0 N–H and O–H groups in total. The van der Waals surface area contributed by atoms with Crippen molar-refractivity contribution >= 4 is 17.7 Å². The third-order valence-corrected chi connectivity index (χ3v) is 6.01. The van der Waals surface area contributed by atoms with E-state index in [9.17, 15) is 14.0 Å². The van der Waals surface area contributed by atoms with Crippen molar-refractivity contribution in [2.24, 2.45) is 0 Å². The number of carbonyl (C=O) groups is 2. The molecule has 0 radical (unpaired) electrons. The molecule has 1 unspecified atom stereocenters. The van der Waals surface area contributed by atoms with Crippen molar-refractivity contribution in [2.45, 2.75) is 12.5 Å². The summed E-state index contributed by atoms with van der Waals surface area (Å²) in [6, 6.07) is 11.4. The number of piperazine rings is 1. The summed E-state index contributed by atoms with van der Waals surface area (Å²) in [5.74, 6) is 0.169. The lowest BCUT2D eigenvalue weighted by molar-refractivity contribution is -0.137. The number of nitrogens with zero attached hydrogens (tertiary/aromatic N) is 3. The zero-order chi connectivity index (χ0) is 22.0. The molecule has 164 valence electrons. The summed E-state index contributed by atoms with van der Waals surface area (Å²) >= 11 is 0. The highest BCUT2D eigenvalue weighted by Gasteiger charge is 2.39.